The standard InChI is InChI=1S/C11H20O3/c12-9-10(3-1-4-10)11(13)5-2-7-14-8-6-11/h12-13H,1-9H2. The quantitative estimate of drug-likeness (QED) is 0.701. The first-order valence-corrected chi connectivity index (χ1v) is 5.63. The van der Waals surface area contributed by atoms with E-state index >= 15 is 0 Å². The van der Waals surface area contributed by atoms with Gasteiger partial charge in [-0.3, -0.25) is 0 Å². The van der Waals surface area contributed by atoms with Crippen LogP contribution in [0, 0.1) is 5.41 Å². The third-order valence-corrected chi connectivity index (χ3v) is 4.14. The maximum absolute atomic E-state index is 10.6. The molecule has 1 heterocycles. The number of aliphatic hydroxyl groups is 2. The fourth-order valence-corrected chi connectivity index (χ4v) is 2.84. The maximum atomic E-state index is 10.6. The summed E-state index contributed by atoms with van der Waals surface area (Å²) in [7, 11) is 0. The summed E-state index contributed by atoms with van der Waals surface area (Å²) in [5, 5.41) is 20.0. The summed E-state index contributed by atoms with van der Waals surface area (Å²) in [4.78, 5) is 0. The second-order valence-electron chi connectivity index (χ2n) is 4.79. The van der Waals surface area contributed by atoms with Crippen molar-refractivity contribution in [1.82, 2.24) is 0 Å². The van der Waals surface area contributed by atoms with Crippen molar-refractivity contribution in [2.75, 3.05) is 19.8 Å². The van der Waals surface area contributed by atoms with Gasteiger partial charge in [0.05, 0.1) is 12.2 Å². The SMILES string of the molecule is OCC1(C2(O)CCCOCC2)CCC1. The lowest BCUT2D eigenvalue weighted by Crippen LogP contribution is -2.55. The Morgan fingerprint density at radius 2 is 1.79 bits per heavy atom. The van der Waals surface area contributed by atoms with Gasteiger partial charge in [-0.1, -0.05) is 6.42 Å². The highest BCUT2D eigenvalue weighted by molar-refractivity contribution is 5.03. The molecule has 1 aliphatic carbocycles. The van der Waals surface area contributed by atoms with E-state index in [4.69, 9.17) is 4.74 Å². The van der Waals surface area contributed by atoms with Gasteiger partial charge < -0.3 is 14.9 Å². The van der Waals surface area contributed by atoms with E-state index in [1.165, 1.54) is 0 Å². The maximum Gasteiger partial charge on any atom is 0.0748 e. The van der Waals surface area contributed by atoms with Crippen molar-refractivity contribution in [2.45, 2.75) is 44.1 Å². The minimum Gasteiger partial charge on any atom is -0.396 e. The summed E-state index contributed by atoms with van der Waals surface area (Å²) in [5.41, 5.74) is -0.878. The van der Waals surface area contributed by atoms with Crippen LogP contribution in [0.3, 0.4) is 0 Å². The Balaban J connectivity index is 2.11. The summed E-state index contributed by atoms with van der Waals surface area (Å²) >= 11 is 0. The van der Waals surface area contributed by atoms with Crippen LogP contribution in [0.15, 0.2) is 0 Å². The highest BCUT2D eigenvalue weighted by Gasteiger charge is 2.53. The molecule has 14 heavy (non-hydrogen) atoms. The molecule has 0 spiro atoms. The molecule has 2 N–H and O–H groups in total. The largest absolute Gasteiger partial charge is 0.396 e. The van der Waals surface area contributed by atoms with Crippen molar-refractivity contribution < 1.29 is 14.9 Å². The molecule has 0 amide bonds. The van der Waals surface area contributed by atoms with Crippen molar-refractivity contribution >= 4 is 0 Å². The van der Waals surface area contributed by atoms with Gasteiger partial charge in [-0.15, -0.1) is 0 Å². The molecule has 1 saturated carbocycles. The van der Waals surface area contributed by atoms with E-state index in [1.54, 1.807) is 0 Å². The first-order chi connectivity index (χ1) is 6.72. The molecule has 1 unspecified atom stereocenters. The second kappa shape index (κ2) is 3.80. The third-order valence-electron chi connectivity index (χ3n) is 4.14. The minimum absolute atomic E-state index is 0.128. The molecule has 0 aromatic rings. The Hall–Kier alpha value is -0.120. The average molecular weight is 200 g/mol. The van der Waals surface area contributed by atoms with Crippen molar-refractivity contribution in [3.05, 3.63) is 0 Å². The Kier molecular flexibility index (Phi) is 2.82. The summed E-state index contributed by atoms with van der Waals surface area (Å²) in [6.45, 7) is 1.52. The van der Waals surface area contributed by atoms with Gasteiger partial charge in [-0.05, 0) is 25.7 Å². The highest BCUT2D eigenvalue weighted by atomic mass is 16.5. The van der Waals surface area contributed by atoms with Gasteiger partial charge in [0.15, 0.2) is 0 Å². The van der Waals surface area contributed by atoms with Gasteiger partial charge in [0.25, 0.3) is 0 Å². The second-order valence-corrected chi connectivity index (χ2v) is 4.79. The smallest absolute Gasteiger partial charge is 0.0748 e. The third kappa shape index (κ3) is 1.47. The number of rotatable bonds is 2. The van der Waals surface area contributed by atoms with Crippen molar-refractivity contribution in [2.24, 2.45) is 5.41 Å². The number of hydrogen-bond acceptors (Lipinski definition) is 3. The van der Waals surface area contributed by atoms with Gasteiger partial charge in [-0.2, -0.15) is 0 Å². The monoisotopic (exact) mass is 200 g/mol. The molecule has 1 atom stereocenters. The molecule has 0 aromatic heterocycles. The Morgan fingerprint density at radius 3 is 2.36 bits per heavy atom. The van der Waals surface area contributed by atoms with E-state index in [0.29, 0.717) is 13.0 Å². The topological polar surface area (TPSA) is 49.7 Å². The molecule has 2 aliphatic rings. The van der Waals surface area contributed by atoms with Gasteiger partial charge in [-0.25, -0.2) is 0 Å². The predicted molar refractivity (Wildman–Crippen MR) is 53.0 cm³/mol. The summed E-state index contributed by atoms with van der Waals surface area (Å²) in [5.74, 6) is 0. The number of hydrogen-bond donors (Lipinski definition) is 2. The molecule has 1 aliphatic heterocycles. The van der Waals surface area contributed by atoms with Crippen LogP contribution in [0.4, 0.5) is 0 Å². The van der Waals surface area contributed by atoms with Crippen LogP contribution in [-0.4, -0.2) is 35.6 Å². The molecule has 82 valence electrons. The van der Waals surface area contributed by atoms with Crippen LogP contribution in [-0.2, 0) is 4.74 Å². The normalized spacial score (nSPS) is 37.3. The van der Waals surface area contributed by atoms with Gasteiger partial charge in [0, 0.05) is 25.0 Å². The number of ether oxygens (including phenoxy) is 1. The van der Waals surface area contributed by atoms with Gasteiger partial charge in [0.2, 0.25) is 0 Å². The van der Waals surface area contributed by atoms with Crippen LogP contribution in [0.2, 0.25) is 0 Å². The summed E-state index contributed by atoms with van der Waals surface area (Å²) in [6.07, 6.45) is 5.48. The molecule has 1 saturated heterocycles. The molecule has 0 bridgehead atoms. The lowest BCUT2D eigenvalue weighted by molar-refractivity contribution is -0.159. The van der Waals surface area contributed by atoms with Gasteiger partial charge in [0.1, 0.15) is 0 Å². The van der Waals surface area contributed by atoms with E-state index < -0.39 is 5.60 Å². The van der Waals surface area contributed by atoms with Crippen LogP contribution in [0.1, 0.15) is 38.5 Å². The van der Waals surface area contributed by atoms with E-state index in [-0.39, 0.29) is 12.0 Å². The van der Waals surface area contributed by atoms with Crippen LogP contribution >= 0.6 is 0 Å². The van der Waals surface area contributed by atoms with E-state index in [1.807, 2.05) is 0 Å². The minimum atomic E-state index is -0.670. The molecule has 3 heteroatoms. The van der Waals surface area contributed by atoms with E-state index in [0.717, 1.165) is 38.7 Å². The first-order valence-electron chi connectivity index (χ1n) is 5.63. The van der Waals surface area contributed by atoms with E-state index in [9.17, 15) is 10.2 Å². The van der Waals surface area contributed by atoms with Crippen molar-refractivity contribution in [1.29, 1.82) is 0 Å². The lowest BCUT2D eigenvalue weighted by Gasteiger charge is -2.52. The van der Waals surface area contributed by atoms with Crippen molar-refractivity contribution in [3.8, 4) is 0 Å². The molecule has 3 nitrogen and oxygen atoms in total. The van der Waals surface area contributed by atoms with Crippen molar-refractivity contribution in [3.63, 3.8) is 0 Å². The fraction of sp³-hybridized carbons (Fsp3) is 1.00. The predicted octanol–water partition coefficient (Wildman–Crippen LogP) is 1.08. The van der Waals surface area contributed by atoms with Crippen LogP contribution in [0.25, 0.3) is 0 Å². The summed E-state index contributed by atoms with van der Waals surface area (Å²) < 4.78 is 5.36. The van der Waals surface area contributed by atoms with Crippen LogP contribution in [0.5, 0.6) is 0 Å². The first kappa shape index (κ1) is 10.4. The molecule has 0 radical (unpaired) electrons. The zero-order valence-electron chi connectivity index (χ0n) is 8.67. The molecular formula is C11H20O3. The summed E-state index contributed by atoms with van der Waals surface area (Å²) in [6, 6.07) is 0. The zero-order valence-corrected chi connectivity index (χ0v) is 8.67. The average Bonchev–Trinajstić information content (AvgIpc) is 2.30. The highest BCUT2D eigenvalue weighted by Crippen LogP contribution is 2.52. The Bertz CT molecular complexity index is 185. The fourth-order valence-electron chi connectivity index (χ4n) is 2.84. The molecule has 2 rings (SSSR count). The molecular weight excluding hydrogens is 180 g/mol. The van der Waals surface area contributed by atoms with E-state index in [2.05, 4.69) is 0 Å². The Morgan fingerprint density at radius 1 is 1.00 bits per heavy atom. The Labute approximate surface area is 85.1 Å². The lowest BCUT2D eigenvalue weighted by atomic mass is 9.57. The zero-order chi connectivity index (χ0) is 10.1. The van der Waals surface area contributed by atoms with Gasteiger partial charge >= 0.3 is 0 Å². The van der Waals surface area contributed by atoms with Crippen LogP contribution < -0.4 is 0 Å². The number of aliphatic hydroxyl groups excluding tert-OH is 1. The molecule has 2 fully saturated rings. The molecule has 0 aromatic carbocycles.